The smallest absolute Gasteiger partial charge is 0.397 e. The highest BCUT2D eigenvalue weighted by Crippen LogP contribution is 1.90. The first-order valence-corrected chi connectivity index (χ1v) is 2.42. The van der Waals surface area contributed by atoms with E-state index in [1.807, 2.05) is 0 Å². The summed E-state index contributed by atoms with van der Waals surface area (Å²) in [7, 11) is 0. The van der Waals surface area contributed by atoms with Crippen LogP contribution in [-0.2, 0) is 4.74 Å². The molecule has 0 saturated heterocycles. The Labute approximate surface area is 52.2 Å². The molecule has 0 aliphatic rings. The summed E-state index contributed by atoms with van der Waals surface area (Å²) < 4.78 is 4.43. The van der Waals surface area contributed by atoms with Crippen LogP contribution in [0.3, 0.4) is 0 Å². The lowest BCUT2D eigenvalue weighted by Gasteiger charge is -2.01. The van der Waals surface area contributed by atoms with Gasteiger partial charge in [0.2, 0.25) is 0 Å². The fourth-order valence-electron chi connectivity index (χ4n) is 0.262. The Bertz CT molecular complexity index is 148. The molecular weight excluding hydrogens is 122 g/mol. The lowest BCUT2D eigenvalue weighted by atomic mass is 10.5. The Morgan fingerprint density at radius 1 is 1.78 bits per heavy atom. The molecule has 0 rings (SSSR count). The first-order chi connectivity index (χ1) is 4.16. The molecule has 9 heavy (non-hydrogen) atoms. The molecule has 50 valence electrons. The molecule has 0 aromatic rings. The predicted molar refractivity (Wildman–Crippen MR) is 30.8 cm³/mol. The van der Waals surface area contributed by atoms with Crippen molar-refractivity contribution in [3.63, 3.8) is 0 Å². The molecule has 0 N–H and O–H groups in total. The Kier molecular flexibility index (Phi) is 3.23. The third-order valence-corrected chi connectivity index (χ3v) is 0.463. The summed E-state index contributed by atoms with van der Waals surface area (Å²) in [6, 6.07) is 0. The van der Waals surface area contributed by atoms with Gasteiger partial charge in [-0.15, -0.1) is 0 Å². The zero-order valence-corrected chi connectivity index (χ0v) is 5.24. The Hall–Kier alpha value is -1.22. The van der Waals surface area contributed by atoms with E-state index in [0.717, 1.165) is 0 Å². The van der Waals surface area contributed by atoms with Gasteiger partial charge in [-0.3, -0.25) is 0 Å². The minimum Gasteiger partial charge on any atom is -0.458 e. The molecule has 0 radical (unpaired) electrons. The number of carbonyl (C=O) groups is 1. The van der Waals surface area contributed by atoms with E-state index < -0.39 is 6.09 Å². The molecule has 5 heteroatoms. The Morgan fingerprint density at radius 2 is 2.33 bits per heavy atom. The second kappa shape index (κ2) is 3.74. The van der Waals surface area contributed by atoms with Gasteiger partial charge in [-0.05, 0) is 19.4 Å². The zero-order chi connectivity index (χ0) is 7.28. The second-order valence-corrected chi connectivity index (χ2v) is 1.62. The van der Waals surface area contributed by atoms with Crippen LogP contribution < -0.4 is 0 Å². The highest BCUT2D eigenvalue weighted by Gasteiger charge is 1.99. The number of ether oxygens (including phenoxy) is 1. The normalized spacial score (nSPS) is 8.33. The number of hydrogen-bond acceptors (Lipinski definition) is 2. The average molecular weight is 129 g/mol. The van der Waals surface area contributed by atoms with Crippen LogP contribution in [0.4, 0.5) is 4.79 Å². The SMILES string of the molecule is CC(C)OC(=O)N=[N+]=[N-]. The van der Waals surface area contributed by atoms with Crippen LogP contribution >= 0.6 is 0 Å². The van der Waals surface area contributed by atoms with Crippen molar-refractivity contribution in [2.45, 2.75) is 20.0 Å². The number of hydrogen-bond donors (Lipinski definition) is 0. The fourth-order valence-corrected chi connectivity index (χ4v) is 0.262. The van der Waals surface area contributed by atoms with Crippen LogP contribution in [0, 0.1) is 0 Å². The number of azide groups is 1. The Balaban J connectivity index is 3.64. The standard InChI is InChI=1S/C4H7N3O2/c1-3(2)9-4(8)6-7-5/h3H,1-2H3. The summed E-state index contributed by atoms with van der Waals surface area (Å²) in [5.41, 5.74) is 7.71. The van der Waals surface area contributed by atoms with Crippen molar-refractivity contribution < 1.29 is 9.53 Å². The van der Waals surface area contributed by atoms with E-state index in [-0.39, 0.29) is 6.10 Å². The quantitative estimate of drug-likeness (QED) is 0.307. The maximum absolute atomic E-state index is 10.2. The van der Waals surface area contributed by atoms with Gasteiger partial charge in [-0.2, -0.15) is 0 Å². The maximum Gasteiger partial charge on any atom is 0.397 e. The Morgan fingerprint density at radius 3 is 2.67 bits per heavy atom. The van der Waals surface area contributed by atoms with E-state index in [1.165, 1.54) is 0 Å². The number of carbonyl (C=O) groups excluding carboxylic acids is 1. The van der Waals surface area contributed by atoms with Crippen LogP contribution in [0.1, 0.15) is 13.8 Å². The zero-order valence-electron chi connectivity index (χ0n) is 5.24. The largest absolute Gasteiger partial charge is 0.458 e. The van der Waals surface area contributed by atoms with Crippen molar-refractivity contribution in [2.24, 2.45) is 5.11 Å². The molecule has 0 bridgehead atoms. The van der Waals surface area contributed by atoms with Crippen molar-refractivity contribution in [2.75, 3.05) is 0 Å². The lowest BCUT2D eigenvalue weighted by molar-refractivity contribution is 0.125. The van der Waals surface area contributed by atoms with Crippen molar-refractivity contribution in [1.82, 2.24) is 0 Å². The van der Waals surface area contributed by atoms with Gasteiger partial charge in [-0.1, -0.05) is 0 Å². The average Bonchev–Trinajstić information content (AvgIpc) is 1.63. The van der Waals surface area contributed by atoms with Gasteiger partial charge in [-0.25, -0.2) is 4.79 Å². The van der Waals surface area contributed by atoms with E-state index in [2.05, 4.69) is 14.8 Å². The summed E-state index contributed by atoms with van der Waals surface area (Å²) in [4.78, 5) is 12.4. The van der Waals surface area contributed by atoms with Gasteiger partial charge in [0.1, 0.15) is 0 Å². The molecular formula is C4H7N3O2. The van der Waals surface area contributed by atoms with Crippen molar-refractivity contribution in [3.8, 4) is 0 Å². The first-order valence-electron chi connectivity index (χ1n) is 2.42. The number of nitrogens with zero attached hydrogens (tertiary/aromatic N) is 3. The predicted octanol–water partition coefficient (Wildman–Crippen LogP) is 1.84. The number of rotatable bonds is 1. The van der Waals surface area contributed by atoms with Crippen LogP contribution in [0.5, 0.6) is 0 Å². The van der Waals surface area contributed by atoms with Gasteiger partial charge in [0.15, 0.2) is 0 Å². The molecule has 0 saturated carbocycles. The molecule has 0 aromatic heterocycles. The summed E-state index contributed by atoms with van der Waals surface area (Å²) in [6.45, 7) is 3.34. The summed E-state index contributed by atoms with van der Waals surface area (Å²) in [6.07, 6.45) is -1.12. The molecule has 0 spiro atoms. The van der Waals surface area contributed by atoms with E-state index >= 15 is 0 Å². The molecule has 0 unspecified atom stereocenters. The topological polar surface area (TPSA) is 75.1 Å². The van der Waals surface area contributed by atoms with E-state index in [0.29, 0.717) is 0 Å². The van der Waals surface area contributed by atoms with Crippen LogP contribution in [0.2, 0.25) is 0 Å². The lowest BCUT2D eigenvalue weighted by Crippen LogP contribution is -2.05. The third-order valence-electron chi connectivity index (χ3n) is 0.463. The molecule has 0 fully saturated rings. The van der Waals surface area contributed by atoms with Gasteiger partial charge in [0.05, 0.1) is 6.10 Å². The minimum atomic E-state index is -0.882. The van der Waals surface area contributed by atoms with Crippen LogP contribution in [-0.4, -0.2) is 12.2 Å². The van der Waals surface area contributed by atoms with Gasteiger partial charge in [0, 0.05) is 10.0 Å². The molecule has 0 atom stereocenters. The molecule has 1 amide bonds. The van der Waals surface area contributed by atoms with Crippen LogP contribution in [0.25, 0.3) is 10.4 Å². The van der Waals surface area contributed by atoms with E-state index in [1.54, 1.807) is 13.8 Å². The molecule has 0 aromatic carbocycles. The van der Waals surface area contributed by atoms with Gasteiger partial charge >= 0.3 is 6.09 Å². The van der Waals surface area contributed by atoms with Crippen molar-refractivity contribution in [3.05, 3.63) is 10.4 Å². The van der Waals surface area contributed by atoms with E-state index in [4.69, 9.17) is 5.53 Å². The molecule has 5 nitrogen and oxygen atoms in total. The summed E-state index contributed by atoms with van der Waals surface area (Å²) >= 11 is 0. The first kappa shape index (κ1) is 7.78. The monoisotopic (exact) mass is 129 g/mol. The van der Waals surface area contributed by atoms with E-state index in [9.17, 15) is 4.79 Å². The van der Waals surface area contributed by atoms with Crippen molar-refractivity contribution in [1.29, 1.82) is 0 Å². The van der Waals surface area contributed by atoms with Gasteiger partial charge < -0.3 is 4.74 Å². The minimum absolute atomic E-state index is 0.233. The fraction of sp³-hybridized carbons (Fsp3) is 0.750. The third kappa shape index (κ3) is 4.64. The summed E-state index contributed by atoms with van der Waals surface area (Å²) in [5, 5.41) is 2.68. The van der Waals surface area contributed by atoms with Crippen molar-refractivity contribution >= 4 is 6.09 Å². The van der Waals surface area contributed by atoms with Gasteiger partial charge in [0.25, 0.3) is 0 Å². The highest BCUT2D eigenvalue weighted by molar-refractivity contribution is 5.68. The highest BCUT2D eigenvalue weighted by atomic mass is 16.6. The molecule has 0 heterocycles. The molecule has 0 aliphatic carbocycles. The van der Waals surface area contributed by atoms with Crippen LogP contribution in [0.15, 0.2) is 5.11 Å². The summed E-state index contributed by atoms with van der Waals surface area (Å²) in [5.74, 6) is 0. The molecule has 0 aliphatic heterocycles. The maximum atomic E-state index is 10.2. The number of amides is 1. The second-order valence-electron chi connectivity index (χ2n) is 1.62.